The van der Waals surface area contributed by atoms with Crippen molar-refractivity contribution in [3.05, 3.63) is 69.8 Å². The maximum Gasteiger partial charge on any atom is -0.00960 e. The van der Waals surface area contributed by atoms with Crippen LogP contribution in [0.3, 0.4) is 0 Å². The molecule has 0 fully saturated rings. The lowest BCUT2D eigenvalue weighted by Gasteiger charge is -2.16. The van der Waals surface area contributed by atoms with E-state index >= 15 is 0 Å². The van der Waals surface area contributed by atoms with Gasteiger partial charge in [0, 0.05) is 0 Å². The summed E-state index contributed by atoms with van der Waals surface area (Å²) in [5.41, 5.74) is 8.20. The lowest BCUT2D eigenvalue weighted by atomic mass is 9.88. The van der Waals surface area contributed by atoms with Gasteiger partial charge in [-0.1, -0.05) is 36.4 Å². The highest BCUT2D eigenvalue weighted by molar-refractivity contribution is 6.26. The van der Waals surface area contributed by atoms with Gasteiger partial charge in [-0.2, -0.15) is 0 Å². The van der Waals surface area contributed by atoms with Crippen molar-refractivity contribution in [1.82, 2.24) is 0 Å². The molecule has 120 valence electrons. The highest BCUT2D eigenvalue weighted by Gasteiger charge is 2.12. The van der Waals surface area contributed by atoms with Gasteiger partial charge in [0.05, 0.1) is 0 Å². The van der Waals surface area contributed by atoms with Crippen LogP contribution in [0.4, 0.5) is 0 Å². The molecule has 0 nitrogen and oxygen atoms in total. The number of fused-ring (bicyclic) bond motifs is 6. The summed E-state index contributed by atoms with van der Waals surface area (Å²) in [6, 6.07) is 14.2. The molecule has 0 aromatic heterocycles. The highest BCUT2D eigenvalue weighted by atomic mass is 14.2. The van der Waals surface area contributed by atoms with Crippen LogP contribution in [-0.2, 0) is 0 Å². The van der Waals surface area contributed by atoms with Crippen LogP contribution < -0.4 is 0 Å². The third-order valence-electron chi connectivity index (χ3n) is 5.77. The predicted molar refractivity (Wildman–Crippen MR) is 107 cm³/mol. The van der Waals surface area contributed by atoms with E-state index in [1.54, 1.807) is 0 Å². The van der Waals surface area contributed by atoms with E-state index in [2.05, 4.69) is 77.9 Å². The molecular weight excluding hydrogens is 288 g/mol. The zero-order valence-corrected chi connectivity index (χ0v) is 15.5. The van der Waals surface area contributed by atoms with Gasteiger partial charge >= 0.3 is 0 Å². The Morgan fingerprint density at radius 2 is 0.417 bits per heavy atom. The van der Waals surface area contributed by atoms with Crippen LogP contribution in [0.5, 0.6) is 0 Å². The first-order chi connectivity index (χ1) is 11.4. The normalized spacial score (nSPS) is 11.8. The minimum absolute atomic E-state index is 1.37. The molecule has 0 heteroatoms. The molecule has 0 N–H and O–H groups in total. The molecule has 4 aromatic rings. The number of benzene rings is 4. The summed E-state index contributed by atoms with van der Waals surface area (Å²) in [5.74, 6) is 0. The molecule has 0 saturated heterocycles. The van der Waals surface area contributed by atoms with Gasteiger partial charge < -0.3 is 0 Å². The molecule has 0 aliphatic rings. The fraction of sp³-hybridized carbons (Fsp3) is 0.250. The maximum absolute atomic E-state index is 2.37. The molecule has 0 heterocycles. The molecule has 0 atom stereocenters. The average molecular weight is 312 g/mol. The van der Waals surface area contributed by atoms with Gasteiger partial charge in [0.1, 0.15) is 0 Å². The second kappa shape index (κ2) is 5.08. The Morgan fingerprint density at radius 3 is 0.542 bits per heavy atom. The Hall–Kier alpha value is -2.34. The minimum atomic E-state index is 1.37. The number of aryl methyl sites for hydroxylation is 6. The molecule has 4 rings (SSSR count). The van der Waals surface area contributed by atoms with E-state index in [9.17, 15) is 0 Å². The van der Waals surface area contributed by atoms with E-state index in [1.165, 1.54) is 65.7 Å². The van der Waals surface area contributed by atoms with Crippen molar-refractivity contribution in [2.24, 2.45) is 0 Å². The zero-order valence-electron chi connectivity index (χ0n) is 15.5. The fourth-order valence-electron chi connectivity index (χ4n) is 3.79. The minimum Gasteiger partial charge on any atom is -0.0505 e. The van der Waals surface area contributed by atoms with E-state index in [0.717, 1.165) is 0 Å². The van der Waals surface area contributed by atoms with Crippen LogP contribution in [0.25, 0.3) is 32.3 Å². The van der Waals surface area contributed by atoms with Gasteiger partial charge in [-0.3, -0.25) is 0 Å². The number of hydrogen-bond acceptors (Lipinski definition) is 0. The summed E-state index contributed by atoms with van der Waals surface area (Å²) in [6.07, 6.45) is 0. The smallest absolute Gasteiger partial charge is 0.00960 e. The first-order valence-electron chi connectivity index (χ1n) is 8.71. The molecule has 0 aliphatic heterocycles. The second-order valence-electron chi connectivity index (χ2n) is 7.45. The summed E-state index contributed by atoms with van der Waals surface area (Å²) in [5, 5.41) is 8.29. The van der Waals surface area contributed by atoms with Crippen LogP contribution in [0.1, 0.15) is 33.4 Å². The quantitative estimate of drug-likeness (QED) is 0.307. The molecule has 0 radical (unpaired) electrons. The SMILES string of the molecule is Cc1cc2c3cc(C)c(C)cc3c3cc(C)c(C)cc3c2cc1C. The molecule has 0 bridgehead atoms. The zero-order chi connectivity index (χ0) is 17.2. The number of hydrogen-bond donors (Lipinski definition) is 0. The standard InChI is InChI=1S/C24H24/c1-13-7-19-20(8-14(13)2)22-10-16(4)18(6)12-24(22)23-11-17(5)15(3)9-21(19)23/h7-12H,1-6H3. The topological polar surface area (TPSA) is 0 Å². The van der Waals surface area contributed by atoms with Crippen molar-refractivity contribution >= 4 is 32.3 Å². The second-order valence-corrected chi connectivity index (χ2v) is 7.45. The van der Waals surface area contributed by atoms with Crippen molar-refractivity contribution in [3.63, 3.8) is 0 Å². The Bertz CT molecular complexity index is 877. The van der Waals surface area contributed by atoms with Gasteiger partial charge in [-0.25, -0.2) is 0 Å². The summed E-state index contributed by atoms with van der Waals surface area (Å²) in [4.78, 5) is 0. The highest BCUT2D eigenvalue weighted by Crippen LogP contribution is 2.38. The first-order valence-corrected chi connectivity index (χ1v) is 8.71. The first kappa shape index (κ1) is 15.2. The van der Waals surface area contributed by atoms with Crippen molar-refractivity contribution in [3.8, 4) is 0 Å². The third kappa shape index (κ3) is 2.06. The van der Waals surface area contributed by atoms with Crippen LogP contribution in [0.2, 0.25) is 0 Å². The van der Waals surface area contributed by atoms with Gasteiger partial charge in [0.2, 0.25) is 0 Å². The van der Waals surface area contributed by atoms with Crippen LogP contribution in [0.15, 0.2) is 36.4 Å². The molecule has 0 unspecified atom stereocenters. The van der Waals surface area contributed by atoms with Crippen molar-refractivity contribution in [2.75, 3.05) is 0 Å². The van der Waals surface area contributed by atoms with Crippen molar-refractivity contribution < 1.29 is 0 Å². The molecular formula is C24H24. The van der Waals surface area contributed by atoms with Crippen LogP contribution >= 0.6 is 0 Å². The molecule has 0 amide bonds. The molecule has 0 saturated carbocycles. The largest absolute Gasteiger partial charge is 0.0505 e. The van der Waals surface area contributed by atoms with E-state index in [-0.39, 0.29) is 0 Å². The summed E-state index contributed by atoms with van der Waals surface area (Å²) in [7, 11) is 0. The van der Waals surface area contributed by atoms with Gasteiger partial charge in [-0.05, 0) is 107 Å². The molecule has 4 aromatic carbocycles. The van der Waals surface area contributed by atoms with E-state index < -0.39 is 0 Å². The monoisotopic (exact) mass is 312 g/mol. The summed E-state index contributed by atoms with van der Waals surface area (Å²) in [6.45, 7) is 13.3. The third-order valence-corrected chi connectivity index (χ3v) is 5.77. The van der Waals surface area contributed by atoms with E-state index in [0.29, 0.717) is 0 Å². The molecule has 0 aliphatic carbocycles. The molecule has 24 heavy (non-hydrogen) atoms. The Kier molecular flexibility index (Phi) is 3.22. The van der Waals surface area contributed by atoms with Crippen LogP contribution in [0, 0.1) is 41.5 Å². The van der Waals surface area contributed by atoms with Gasteiger partial charge in [0.15, 0.2) is 0 Å². The molecule has 0 spiro atoms. The lowest BCUT2D eigenvalue weighted by Crippen LogP contribution is -1.91. The van der Waals surface area contributed by atoms with Crippen molar-refractivity contribution in [1.29, 1.82) is 0 Å². The number of rotatable bonds is 0. The van der Waals surface area contributed by atoms with Gasteiger partial charge in [-0.15, -0.1) is 0 Å². The van der Waals surface area contributed by atoms with Crippen LogP contribution in [-0.4, -0.2) is 0 Å². The van der Waals surface area contributed by atoms with E-state index in [1.807, 2.05) is 0 Å². The Balaban J connectivity index is 2.40. The summed E-state index contributed by atoms with van der Waals surface area (Å²) < 4.78 is 0. The summed E-state index contributed by atoms with van der Waals surface area (Å²) >= 11 is 0. The lowest BCUT2D eigenvalue weighted by molar-refractivity contribution is 1.35. The van der Waals surface area contributed by atoms with Crippen molar-refractivity contribution in [2.45, 2.75) is 41.5 Å². The fourth-order valence-corrected chi connectivity index (χ4v) is 3.79. The van der Waals surface area contributed by atoms with E-state index in [4.69, 9.17) is 0 Å². The van der Waals surface area contributed by atoms with Gasteiger partial charge in [0.25, 0.3) is 0 Å². The predicted octanol–water partition coefficient (Wildman–Crippen LogP) is 7.00. The Morgan fingerprint density at radius 1 is 0.292 bits per heavy atom. The average Bonchev–Trinajstić information content (AvgIpc) is 2.53. The maximum atomic E-state index is 2.37. The Labute approximate surface area is 144 Å².